The number of nitrogen functional groups attached to an aromatic ring is 1. The Hall–Kier alpha value is -1.74. The quantitative estimate of drug-likeness (QED) is 0.829. The molecule has 2 rings (SSSR count). The second kappa shape index (κ2) is 4.74. The standard InChI is InChI=1S/C13H16N2O3S/c1-18-10-2-3-11(15)12(8-10)19(16,17)9-13(4-5-13)6-7-14/h2-3,8H,4-6,9,15H2,1H3. The van der Waals surface area contributed by atoms with E-state index in [-0.39, 0.29) is 28.2 Å². The summed E-state index contributed by atoms with van der Waals surface area (Å²) in [6.45, 7) is 0. The van der Waals surface area contributed by atoms with Crippen molar-refractivity contribution in [3.8, 4) is 11.8 Å². The van der Waals surface area contributed by atoms with Crippen molar-refractivity contribution in [2.45, 2.75) is 24.2 Å². The molecule has 19 heavy (non-hydrogen) atoms. The summed E-state index contributed by atoms with van der Waals surface area (Å²) in [6, 6.07) is 6.64. The van der Waals surface area contributed by atoms with Crippen molar-refractivity contribution in [3.63, 3.8) is 0 Å². The molecule has 1 aromatic carbocycles. The number of methoxy groups -OCH3 is 1. The van der Waals surface area contributed by atoms with Gasteiger partial charge in [-0.15, -0.1) is 0 Å². The molecular formula is C13H16N2O3S. The lowest BCUT2D eigenvalue weighted by Gasteiger charge is -2.14. The molecule has 0 amide bonds. The van der Waals surface area contributed by atoms with E-state index in [2.05, 4.69) is 6.07 Å². The molecule has 0 spiro atoms. The van der Waals surface area contributed by atoms with Crippen LogP contribution in [0.4, 0.5) is 5.69 Å². The van der Waals surface area contributed by atoms with Gasteiger partial charge in [-0.05, 0) is 30.4 Å². The topological polar surface area (TPSA) is 93.2 Å². The van der Waals surface area contributed by atoms with Crippen LogP contribution >= 0.6 is 0 Å². The monoisotopic (exact) mass is 280 g/mol. The highest BCUT2D eigenvalue weighted by Gasteiger charge is 2.46. The summed E-state index contributed by atoms with van der Waals surface area (Å²) in [5.74, 6) is 0.434. The first-order chi connectivity index (χ1) is 8.92. The van der Waals surface area contributed by atoms with E-state index in [9.17, 15) is 8.42 Å². The number of nitrogens with two attached hydrogens (primary N) is 1. The molecule has 0 radical (unpaired) electrons. The van der Waals surface area contributed by atoms with E-state index < -0.39 is 9.84 Å². The Morgan fingerprint density at radius 3 is 2.68 bits per heavy atom. The first-order valence-electron chi connectivity index (χ1n) is 5.96. The van der Waals surface area contributed by atoms with Gasteiger partial charge in [-0.2, -0.15) is 5.26 Å². The van der Waals surface area contributed by atoms with Gasteiger partial charge in [0, 0.05) is 12.5 Å². The Morgan fingerprint density at radius 1 is 1.47 bits per heavy atom. The van der Waals surface area contributed by atoms with E-state index in [4.69, 9.17) is 15.7 Å². The molecule has 0 bridgehead atoms. The van der Waals surface area contributed by atoms with Crippen LogP contribution in [-0.2, 0) is 9.84 Å². The van der Waals surface area contributed by atoms with Gasteiger partial charge in [0.15, 0.2) is 9.84 Å². The first-order valence-corrected chi connectivity index (χ1v) is 7.61. The van der Waals surface area contributed by atoms with Crippen molar-refractivity contribution >= 4 is 15.5 Å². The zero-order valence-electron chi connectivity index (χ0n) is 10.7. The number of nitriles is 1. The van der Waals surface area contributed by atoms with Gasteiger partial charge in [0.25, 0.3) is 0 Å². The van der Waals surface area contributed by atoms with Crippen molar-refractivity contribution in [2.75, 3.05) is 18.6 Å². The van der Waals surface area contributed by atoms with Crippen LogP contribution in [0.15, 0.2) is 23.1 Å². The van der Waals surface area contributed by atoms with Gasteiger partial charge in [0.2, 0.25) is 0 Å². The van der Waals surface area contributed by atoms with Crippen LogP contribution < -0.4 is 10.5 Å². The summed E-state index contributed by atoms with van der Waals surface area (Å²) in [6.07, 6.45) is 1.84. The molecule has 1 fully saturated rings. The van der Waals surface area contributed by atoms with Crippen LogP contribution in [0.25, 0.3) is 0 Å². The molecular weight excluding hydrogens is 264 g/mol. The van der Waals surface area contributed by atoms with Gasteiger partial charge in [-0.1, -0.05) is 0 Å². The first kappa shape index (κ1) is 13.7. The average Bonchev–Trinajstić information content (AvgIpc) is 3.08. The molecule has 5 nitrogen and oxygen atoms in total. The Kier molecular flexibility index (Phi) is 3.42. The molecule has 1 aromatic rings. The van der Waals surface area contributed by atoms with E-state index in [1.807, 2.05) is 0 Å². The fourth-order valence-electron chi connectivity index (χ4n) is 2.11. The number of hydrogen-bond donors (Lipinski definition) is 1. The van der Waals surface area contributed by atoms with Crippen LogP contribution in [0.2, 0.25) is 0 Å². The molecule has 1 aliphatic rings. The maximum atomic E-state index is 12.4. The molecule has 6 heteroatoms. The second-order valence-electron chi connectivity index (χ2n) is 5.00. The van der Waals surface area contributed by atoms with Gasteiger partial charge in [-0.3, -0.25) is 0 Å². The fourth-order valence-corrected chi connectivity index (χ4v) is 4.18. The largest absolute Gasteiger partial charge is 0.497 e. The predicted molar refractivity (Wildman–Crippen MR) is 71.4 cm³/mol. The van der Waals surface area contributed by atoms with Crippen LogP contribution in [0.5, 0.6) is 5.75 Å². The lowest BCUT2D eigenvalue weighted by Crippen LogP contribution is -2.18. The maximum absolute atomic E-state index is 12.4. The summed E-state index contributed by atoms with van der Waals surface area (Å²) in [5.41, 5.74) is 5.59. The molecule has 0 heterocycles. The molecule has 0 unspecified atom stereocenters. The van der Waals surface area contributed by atoms with E-state index in [0.717, 1.165) is 12.8 Å². The minimum atomic E-state index is -3.50. The van der Waals surface area contributed by atoms with E-state index in [0.29, 0.717) is 5.75 Å². The average molecular weight is 280 g/mol. The Labute approximate surface area is 112 Å². The number of nitrogens with zero attached hydrogens (tertiary/aromatic N) is 1. The number of ether oxygens (including phenoxy) is 1. The zero-order chi connectivity index (χ0) is 14.1. The third kappa shape index (κ3) is 2.82. The summed E-state index contributed by atoms with van der Waals surface area (Å²) >= 11 is 0. The van der Waals surface area contributed by atoms with Crippen molar-refractivity contribution in [2.24, 2.45) is 5.41 Å². The van der Waals surface area contributed by atoms with Gasteiger partial charge in [0.05, 0.1) is 29.5 Å². The van der Waals surface area contributed by atoms with Gasteiger partial charge >= 0.3 is 0 Å². The second-order valence-corrected chi connectivity index (χ2v) is 6.96. The summed E-state index contributed by atoms with van der Waals surface area (Å²) < 4.78 is 29.8. The SMILES string of the molecule is COc1ccc(N)c(S(=O)(=O)CC2(CC#N)CC2)c1. The molecule has 0 saturated heterocycles. The van der Waals surface area contributed by atoms with Gasteiger partial charge in [0.1, 0.15) is 5.75 Å². The van der Waals surface area contributed by atoms with Crippen molar-refractivity contribution in [1.29, 1.82) is 5.26 Å². The summed E-state index contributed by atoms with van der Waals surface area (Å²) in [4.78, 5) is 0.0936. The van der Waals surface area contributed by atoms with Crippen LogP contribution in [0.3, 0.4) is 0 Å². The zero-order valence-corrected chi connectivity index (χ0v) is 11.5. The highest BCUT2D eigenvalue weighted by Crippen LogP contribution is 2.50. The third-order valence-electron chi connectivity index (χ3n) is 3.46. The number of benzene rings is 1. The van der Waals surface area contributed by atoms with Gasteiger partial charge < -0.3 is 10.5 Å². The fraction of sp³-hybridized carbons (Fsp3) is 0.462. The molecule has 1 aliphatic carbocycles. The molecule has 0 aromatic heterocycles. The summed E-state index contributed by atoms with van der Waals surface area (Å²) in [5, 5.41) is 8.76. The highest BCUT2D eigenvalue weighted by atomic mass is 32.2. The van der Waals surface area contributed by atoms with Crippen LogP contribution in [0.1, 0.15) is 19.3 Å². The predicted octanol–water partition coefficient (Wildman–Crippen LogP) is 1.74. The molecule has 102 valence electrons. The van der Waals surface area contributed by atoms with Crippen LogP contribution in [-0.4, -0.2) is 21.3 Å². The molecule has 0 atom stereocenters. The number of anilines is 1. The lowest BCUT2D eigenvalue weighted by atomic mass is 10.1. The Balaban J connectivity index is 2.32. The van der Waals surface area contributed by atoms with E-state index in [1.54, 1.807) is 6.07 Å². The highest BCUT2D eigenvalue weighted by molar-refractivity contribution is 7.91. The normalized spacial score (nSPS) is 16.6. The molecule has 1 saturated carbocycles. The minimum Gasteiger partial charge on any atom is -0.497 e. The molecule has 2 N–H and O–H groups in total. The van der Waals surface area contributed by atoms with Gasteiger partial charge in [-0.25, -0.2) is 8.42 Å². The third-order valence-corrected chi connectivity index (χ3v) is 5.48. The van der Waals surface area contributed by atoms with Crippen LogP contribution in [0, 0.1) is 16.7 Å². The van der Waals surface area contributed by atoms with Crippen molar-refractivity contribution in [3.05, 3.63) is 18.2 Å². The van der Waals surface area contributed by atoms with Crippen molar-refractivity contribution < 1.29 is 13.2 Å². The van der Waals surface area contributed by atoms with E-state index >= 15 is 0 Å². The Morgan fingerprint density at radius 2 is 2.16 bits per heavy atom. The maximum Gasteiger partial charge on any atom is 0.181 e. The number of hydrogen-bond acceptors (Lipinski definition) is 5. The number of sulfone groups is 1. The Bertz CT molecular complexity index is 628. The smallest absolute Gasteiger partial charge is 0.181 e. The lowest BCUT2D eigenvalue weighted by molar-refractivity contribution is 0.413. The summed E-state index contributed by atoms with van der Waals surface area (Å²) in [7, 11) is -2.02. The van der Waals surface area contributed by atoms with E-state index in [1.165, 1.54) is 19.2 Å². The molecule has 0 aliphatic heterocycles. The van der Waals surface area contributed by atoms with Crippen molar-refractivity contribution in [1.82, 2.24) is 0 Å². The number of rotatable bonds is 5. The minimum absolute atomic E-state index is 0.0229.